The van der Waals surface area contributed by atoms with Crippen LogP contribution in [0, 0.1) is 0 Å². The summed E-state index contributed by atoms with van der Waals surface area (Å²) in [5.41, 5.74) is 11.5. The number of rotatable bonds is 2. The molecule has 0 saturated carbocycles. The van der Waals surface area contributed by atoms with Crippen molar-refractivity contribution in [3.05, 3.63) is 77.5 Å². The summed E-state index contributed by atoms with van der Waals surface area (Å²) in [5.74, 6) is 1.22. The summed E-state index contributed by atoms with van der Waals surface area (Å²) in [6.45, 7) is 2.31. The maximum absolute atomic E-state index is 13.7. The van der Waals surface area contributed by atoms with Crippen LogP contribution >= 0.6 is 0 Å². The van der Waals surface area contributed by atoms with E-state index in [9.17, 15) is 15.0 Å². The first kappa shape index (κ1) is 31.8. The number of hydrogen-bond donors (Lipinski definition) is 3. The fraction of sp³-hybridized carbons (Fsp3) is 0.417. The molecule has 0 spiro atoms. The molecule has 1 amide bonds. The van der Waals surface area contributed by atoms with Crippen molar-refractivity contribution in [2.75, 3.05) is 20.2 Å². The predicted octanol–water partition coefficient (Wildman–Crippen LogP) is 4.79. The summed E-state index contributed by atoms with van der Waals surface area (Å²) in [6.07, 6.45) is 3.77. The smallest absolute Gasteiger partial charge is 0.254 e. The van der Waals surface area contributed by atoms with Gasteiger partial charge in [-0.15, -0.1) is 0 Å². The van der Waals surface area contributed by atoms with Gasteiger partial charge in [-0.1, -0.05) is 24.3 Å². The van der Waals surface area contributed by atoms with Crippen LogP contribution in [0.25, 0.3) is 33.6 Å². The number of likely N-dealkylation sites (tertiary alicyclic amines) is 1. The van der Waals surface area contributed by atoms with Crippen molar-refractivity contribution in [2.45, 2.75) is 74.1 Å². The van der Waals surface area contributed by atoms with Crippen LogP contribution < -0.4 is 10.5 Å². The van der Waals surface area contributed by atoms with Gasteiger partial charge in [0.05, 0.1) is 24.4 Å². The number of methoxy groups -OCH3 is 1. The van der Waals surface area contributed by atoms with Crippen molar-refractivity contribution < 1.29 is 19.7 Å². The molecule has 3 atom stereocenters. The third-order valence-electron chi connectivity index (χ3n) is 9.24. The number of ether oxygens (including phenoxy) is 1. The molecule has 0 aliphatic carbocycles. The molecule has 2 saturated heterocycles. The first-order chi connectivity index (χ1) is 22.9. The molecule has 11 heteroatoms. The minimum absolute atomic E-state index is 0.0221. The molecule has 8 rings (SSSR count). The molecular formula is C36H42N6O4Se. The van der Waals surface area contributed by atoms with Gasteiger partial charge in [-0.05, 0) is 73.6 Å². The Morgan fingerprint density at radius 1 is 1.00 bits per heavy atom. The number of pyridine rings is 1. The molecule has 6 heterocycles. The van der Waals surface area contributed by atoms with Crippen LogP contribution in [0.5, 0.6) is 5.75 Å². The average molecular weight is 702 g/mol. The Bertz CT molecular complexity index is 1900. The second-order valence-corrected chi connectivity index (χ2v) is 15.3. The fourth-order valence-corrected chi connectivity index (χ4v) is 6.80. The maximum atomic E-state index is 13.7. The summed E-state index contributed by atoms with van der Waals surface area (Å²) in [7, 11) is 1.61. The summed E-state index contributed by atoms with van der Waals surface area (Å²) >= 11 is 1.12. The Balaban J connectivity index is 0.00000111. The fourth-order valence-electron chi connectivity index (χ4n) is 6.80. The van der Waals surface area contributed by atoms with E-state index in [0.717, 1.165) is 74.3 Å². The van der Waals surface area contributed by atoms with E-state index in [1.807, 2.05) is 47.4 Å². The zero-order chi connectivity index (χ0) is 32.5. The third-order valence-corrected chi connectivity index (χ3v) is 10.1. The van der Waals surface area contributed by atoms with Gasteiger partial charge in [0.15, 0.2) is 5.82 Å². The molecule has 10 nitrogen and oxygen atoms in total. The van der Waals surface area contributed by atoms with Crippen LogP contribution in [0.15, 0.2) is 60.8 Å². The van der Waals surface area contributed by atoms with E-state index in [0.29, 0.717) is 55.0 Å². The van der Waals surface area contributed by atoms with E-state index < -0.39 is 12.2 Å². The van der Waals surface area contributed by atoms with Crippen LogP contribution in [0.4, 0.5) is 0 Å². The number of nitrogens with two attached hydrogens (primary N) is 1. The molecule has 2 bridgehead atoms. The predicted molar refractivity (Wildman–Crippen MR) is 184 cm³/mol. The van der Waals surface area contributed by atoms with Crippen molar-refractivity contribution >= 4 is 42.9 Å². The normalized spacial score (nSPS) is 21.3. The zero-order valence-corrected chi connectivity index (χ0v) is 28.4. The summed E-state index contributed by atoms with van der Waals surface area (Å²) < 4.78 is 10.3. The first-order valence-electron chi connectivity index (χ1n) is 16.5. The molecule has 3 aliphatic rings. The minimum atomic E-state index is -0.979. The number of hydrogen-bond acceptors (Lipinski definition) is 7. The van der Waals surface area contributed by atoms with Crippen molar-refractivity contribution in [2.24, 2.45) is 5.73 Å². The summed E-state index contributed by atoms with van der Waals surface area (Å²) in [6, 6.07) is 17.4. The van der Waals surface area contributed by atoms with Gasteiger partial charge in [0, 0.05) is 49.4 Å². The number of amides is 1. The van der Waals surface area contributed by atoms with E-state index in [1.54, 1.807) is 30.0 Å². The Kier molecular flexibility index (Phi) is 9.34. The zero-order valence-electron chi connectivity index (χ0n) is 26.7. The average Bonchev–Trinajstić information content (AvgIpc) is 3.88. The number of aliphatic hydroxyl groups excluding tert-OH is 2. The van der Waals surface area contributed by atoms with Crippen molar-refractivity contribution in [1.29, 1.82) is 0 Å². The Morgan fingerprint density at radius 3 is 2.64 bits per heavy atom. The number of aliphatic hydroxyl groups is 2. The number of piperidine rings is 1. The molecule has 5 aromatic rings. The molecule has 3 unspecified atom stereocenters. The van der Waals surface area contributed by atoms with Crippen molar-refractivity contribution in [3.8, 4) is 17.3 Å². The molecule has 4 N–H and O–H groups in total. The van der Waals surface area contributed by atoms with Crippen LogP contribution in [0.2, 0.25) is 10.6 Å². The molecule has 3 aromatic heterocycles. The van der Waals surface area contributed by atoms with Crippen molar-refractivity contribution in [1.82, 2.24) is 24.0 Å². The van der Waals surface area contributed by atoms with E-state index in [1.165, 1.54) is 0 Å². The molecule has 2 aromatic carbocycles. The van der Waals surface area contributed by atoms with Gasteiger partial charge in [0.2, 0.25) is 0 Å². The second-order valence-electron chi connectivity index (χ2n) is 12.7. The number of fused-ring (bicyclic) bond motifs is 9. The monoisotopic (exact) mass is 702 g/mol. The summed E-state index contributed by atoms with van der Waals surface area (Å²) in [4.78, 5) is 25.4. The number of carbonyl (C=O) groups is 1. The molecule has 2 fully saturated rings. The molecule has 0 radical (unpaired) electrons. The standard InChI is InChI=1S/C34H38N6O4.C2H4Se/c1-44-29-18-24(34(43)38-13-6-10-25(35)20-38)16-26-30(29)40-19-21-7-4-8-22(15-21)31(42)28(41)11-2-3-14-39-27(33(40)37-26)17-23-9-5-12-36-32(23)39;1-2-3-1/h4-5,7-9,12,15-18,25,28,31,41-42H,2-3,6,10-11,13-14,19-20,35H2,1H3;1-2H2. The van der Waals surface area contributed by atoms with Gasteiger partial charge in [0.25, 0.3) is 5.91 Å². The van der Waals surface area contributed by atoms with Gasteiger partial charge < -0.3 is 34.7 Å². The molecule has 246 valence electrons. The minimum Gasteiger partial charge on any atom is -0.494 e. The van der Waals surface area contributed by atoms with E-state index in [2.05, 4.69) is 15.2 Å². The number of imidazole rings is 1. The maximum Gasteiger partial charge on any atom is 0.254 e. The van der Waals surface area contributed by atoms with E-state index >= 15 is 0 Å². The number of aromatic nitrogens is 4. The van der Waals surface area contributed by atoms with Crippen LogP contribution in [0.1, 0.15) is 59.7 Å². The van der Waals surface area contributed by atoms with Crippen molar-refractivity contribution in [3.63, 3.8) is 0 Å². The SMILES string of the molecule is C1C[Se]1.COc1cc(C(=O)N2CCCC(N)C2)cc2nc3n(c12)Cc1cccc(c1)C(O)C(O)CCCCn1c-3cc2cccnc21. The number of carbonyl (C=O) groups excluding carboxylic acids is 1. The van der Waals surface area contributed by atoms with E-state index in [4.69, 9.17) is 20.4 Å². The molecule has 3 aliphatic heterocycles. The number of aryl methyl sites for hydroxylation is 1. The van der Waals surface area contributed by atoms with Crippen LogP contribution in [-0.4, -0.2) is 87.4 Å². The topological polar surface area (TPSA) is 132 Å². The quantitative estimate of drug-likeness (QED) is 0.226. The van der Waals surface area contributed by atoms with Gasteiger partial charge >= 0.3 is 25.6 Å². The largest absolute Gasteiger partial charge is 0.494 e. The Morgan fingerprint density at radius 2 is 1.85 bits per heavy atom. The van der Waals surface area contributed by atoms with Gasteiger partial charge in [-0.25, -0.2) is 9.97 Å². The van der Waals surface area contributed by atoms with Gasteiger partial charge in [-0.3, -0.25) is 4.79 Å². The Labute approximate surface area is 280 Å². The number of nitrogens with zero attached hydrogens (tertiary/aromatic N) is 5. The molecule has 47 heavy (non-hydrogen) atoms. The molecular weight excluding hydrogens is 659 g/mol. The van der Waals surface area contributed by atoms with Crippen LogP contribution in [0.3, 0.4) is 0 Å². The van der Waals surface area contributed by atoms with Crippen LogP contribution in [-0.2, 0) is 13.1 Å². The third kappa shape index (κ3) is 6.68. The first-order valence-corrected chi connectivity index (χ1v) is 18.9. The van der Waals surface area contributed by atoms with E-state index in [-0.39, 0.29) is 11.9 Å². The Hall–Kier alpha value is -3.73. The second kappa shape index (κ2) is 13.8. The van der Waals surface area contributed by atoms with Gasteiger partial charge in [0.1, 0.15) is 23.0 Å². The number of benzene rings is 2. The summed E-state index contributed by atoms with van der Waals surface area (Å²) in [5, 5.41) is 25.9. The van der Waals surface area contributed by atoms with Gasteiger partial charge in [-0.2, -0.15) is 0 Å².